The van der Waals surface area contributed by atoms with Crippen LogP contribution in [-0.4, -0.2) is 44.0 Å². The fraction of sp³-hybridized carbons (Fsp3) is 0.375. The maximum Gasteiger partial charge on any atom is 0.256 e. The predicted molar refractivity (Wildman–Crippen MR) is 81.5 cm³/mol. The van der Waals surface area contributed by atoms with Crippen LogP contribution in [0.2, 0.25) is 0 Å². The lowest BCUT2D eigenvalue weighted by molar-refractivity contribution is -0.141. The number of aliphatic hydroxyl groups excluding tert-OH is 1. The summed E-state index contributed by atoms with van der Waals surface area (Å²) in [7, 11) is 0. The van der Waals surface area contributed by atoms with Gasteiger partial charge in [-0.15, -0.1) is 0 Å². The number of carbonyl (C=O) groups is 1. The van der Waals surface area contributed by atoms with Gasteiger partial charge in [0.15, 0.2) is 6.10 Å². The molecule has 7 nitrogen and oxygen atoms in total. The van der Waals surface area contributed by atoms with Crippen LogP contribution in [0.4, 0.5) is 0 Å². The van der Waals surface area contributed by atoms with E-state index in [4.69, 9.17) is 4.74 Å². The number of nitrogens with zero attached hydrogens (tertiary/aromatic N) is 4. The summed E-state index contributed by atoms with van der Waals surface area (Å²) >= 11 is 0. The van der Waals surface area contributed by atoms with Crippen LogP contribution in [-0.2, 0) is 17.8 Å². The highest BCUT2D eigenvalue weighted by molar-refractivity contribution is 5.82. The highest BCUT2D eigenvalue weighted by Crippen LogP contribution is 2.26. The Morgan fingerprint density at radius 3 is 3.09 bits per heavy atom. The lowest BCUT2D eigenvalue weighted by atomic mass is 10.0. The molecule has 23 heavy (non-hydrogen) atoms. The molecule has 2 aromatic heterocycles. The molecule has 0 fully saturated rings. The van der Waals surface area contributed by atoms with Gasteiger partial charge in [-0.05, 0) is 13.0 Å². The topological polar surface area (TPSA) is 88.4 Å². The van der Waals surface area contributed by atoms with Gasteiger partial charge < -0.3 is 14.7 Å². The van der Waals surface area contributed by atoms with E-state index >= 15 is 0 Å². The zero-order valence-corrected chi connectivity index (χ0v) is 12.8. The van der Waals surface area contributed by atoms with Gasteiger partial charge in [-0.2, -0.15) is 0 Å². The van der Waals surface area contributed by atoms with Gasteiger partial charge in [-0.1, -0.05) is 6.07 Å². The van der Waals surface area contributed by atoms with Crippen LogP contribution < -0.4 is 4.74 Å². The van der Waals surface area contributed by atoms with Gasteiger partial charge in [0.05, 0.1) is 24.4 Å². The van der Waals surface area contributed by atoms with Crippen molar-refractivity contribution < 1.29 is 14.6 Å². The summed E-state index contributed by atoms with van der Waals surface area (Å²) in [5.74, 6) is 0.154. The lowest BCUT2D eigenvalue weighted by Crippen LogP contribution is -2.39. The van der Waals surface area contributed by atoms with Gasteiger partial charge in [0.1, 0.15) is 6.33 Å². The van der Waals surface area contributed by atoms with Crippen molar-refractivity contribution in [1.82, 2.24) is 19.9 Å². The van der Waals surface area contributed by atoms with Crippen molar-refractivity contribution in [2.24, 2.45) is 0 Å². The predicted octanol–water partition coefficient (Wildman–Crippen LogP) is 0.889. The zero-order valence-electron chi connectivity index (χ0n) is 12.8. The van der Waals surface area contributed by atoms with E-state index in [0.29, 0.717) is 37.6 Å². The summed E-state index contributed by atoms with van der Waals surface area (Å²) in [4.78, 5) is 26.5. The molecule has 2 aromatic rings. The number of hydrogen-bond donors (Lipinski definition) is 1. The van der Waals surface area contributed by atoms with E-state index in [0.717, 1.165) is 11.3 Å². The van der Waals surface area contributed by atoms with Crippen molar-refractivity contribution in [1.29, 1.82) is 0 Å². The first-order valence-corrected chi connectivity index (χ1v) is 7.53. The fourth-order valence-electron chi connectivity index (χ4n) is 2.62. The van der Waals surface area contributed by atoms with Crippen molar-refractivity contribution in [2.75, 3.05) is 13.2 Å². The Hall–Kier alpha value is -2.54. The molecule has 1 aliphatic heterocycles. The number of pyridine rings is 1. The van der Waals surface area contributed by atoms with E-state index < -0.39 is 6.10 Å². The number of rotatable bonds is 4. The van der Waals surface area contributed by atoms with Crippen molar-refractivity contribution in [3.8, 4) is 5.88 Å². The van der Waals surface area contributed by atoms with Crippen LogP contribution in [0.15, 0.2) is 30.9 Å². The van der Waals surface area contributed by atoms with Crippen LogP contribution >= 0.6 is 0 Å². The third-order valence-corrected chi connectivity index (χ3v) is 3.79. The number of amides is 1. The normalized spacial score (nSPS) is 15.0. The quantitative estimate of drug-likeness (QED) is 0.901. The molecule has 0 saturated heterocycles. The number of hydrogen-bond acceptors (Lipinski definition) is 6. The zero-order chi connectivity index (χ0) is 16.2. The SMILES string of the molecule is CCOc1ncnc2c1CN(C(=O)C(O)c1cccnc1)CC2. The van der Waals surface area contributed by atoms with Gasteiger partial charge in [0.2, 0.25) is 5.88 Å². The molecule has 3 heterocycles. The highest BCUT2D eigenvalue weighted by Gasteiger charge is 2.29. The maximum absolute atomic E-state index is 12.5. The number of fused-ring (bicyclic) bond motifs is 1. The van der Waals surface area contributed by atoms with Crippen LogP contribution in [0, 0.1) is 0 Å². The fourth-order valence-corrected chi connectivity index (χ4v) is 2.62. The molecule has 0 aromatic carbocycles. The minimum absolute atomic E-state index is 0.335. The molecule has 0 spiro atoms. The van der Waals surface area contributed by atoms with Gasteiger partial charge in [0, 0.05) is 30.9 Å². The van der Waals surface area contributed by atoms with Crippen molar-refractivity contribution in [3.63, 3.8) is 0 Å². The molecule has 7 heteroatoms. The summed E-state index contributed by atoms with van der Waals surface area (Å²) < 4.78 is 5.52. The molecular weight excluding hydrogens is 296 g/mol. The second-order valence-electron chi connectivity index (χ2n) is 5.24. The molecule has 0 aliphatic carbocycles. The third-order valence-electron chi connectivity index (χ3n) is 3.79. The maximum atomic E-state index is 12.5. The van der Waals surface area contributed by atoms with E-state index in [2.05, 4.69) is 15.0 Å². The molecular formula is C16H18N4O3. The van der Waals surface area contributed by atoms with Crippen molar-refractivity contribution in [2.45, 2.75) is 26.0 Å². The minimum atomic E-state index is -1.22. The Bertz CT molecular complexity index is 693. The van der Waals surface area contributed by atoms with Gasteiger partial charge in [0.25, 0.3) is 5.91 Å². The highest BCUT2D eigenvalue weighted by atomic mass is 16.5. The van der Waals surface area contributed by atoms with Gasteiger partial charge in [-0.3, -0.25) is 9.78 Å². The largest absolute Gasteiger partial charge is 0.478 e. The summed E-state index contributed by atoms with van der Waals surface area (Å²) in [6, 6.07) is 3.38. The number of aliphatic hydroxyl groups is 1. The van der Waals surface area contributed by atoms with E-state index in [1.54, 1.807) is 23.2 Å². The molecule has 120 valence electrons. The van der Waals surface area contributed by atoms with Gasteiger partial charge >= 0.3 is 0 Å². The number of aromatic nitrogens is 3. The molecule has 3 rings (SSSR count). The first-order valence-electron chi connectivity index (χ1n) is 7.53. The third kappa shape index (κ3) is 3.14. The van der Waals surface area contributed by atoms with E-state index in [-0.39, 0.29) is 5.91 Å². The Kier molecular flexibility index (Phi) is 4.47. The Morgan fingerprint density at radius 2 is 2.35 bits per heavy atom. The second kappa shape index (κ2) is 6.70. The number of ether oxygens (including phenoxy) is 1. The molecule has 1 atom stereocenters. The second-order valence-corrected chi connectivity index (χ2v) is 5.24. The Balaban J connectivity index is 1.80. The molecule has 1 amide bonds. The summed E-state index contributed by atoms with van der Waals surface area (Å²) in [5.41, 5.74) is 2.19. The molecule has 0 saturated carbocycles. The Morgan fingerprint density at radius 1 is 1.48 bits per heavy atom. The molecule has 0 radical (unpaired) electrons. The summed E-state index contributed by atoms with van der Waals surface area (Å²) in [5, 5.41) is 10.3. The molecule has 1 N–H and O–H groups in total. The average molecular weight is 314 g/mol. The lowest BCUT2D eigenvalue weighted by Gasteiger charge is -2.30. The standard InChI is InChI=1S/C16H18N4O3/c1-2-23-15-12-9-20(7-5-13(12)18-10-19-15)16(22)14(21)11-4-3-6-17-8-11/h3-4,6,8,10,14,21H,2,5,7,9H2,1H3. The van der Waals surface area contributed by atoms with E-state index in [1.807, 2.05) is 6.92 Å². The van der Waals surface area contributed by atoms with Crippen LogP contribution in [0.3, 0.4) is 0 Å². The van der Waals surface area contributed by atoms with Crippen LogP contribution in [0.5, 0.6) is 5.88 Å². The van der Waals surface area contributed by atoms with Crippen molar-refractivity contribution >= 4 is 5.91 Å². The van der Waals surface area contributed by atoms with E-state index in [1.165, 1.54) is 12.5 Å². The van der Waals surface area contributed by atoms with Gasteiger partial charge in [-0.25, -0.2) is 9.97 Å². The number of carbonyl (C=O) groups excluding carboxylic acids is 1. The first kappa shape index (κ1) is 15.4. The molecule has 1 unspecified atom stereocenters. The van der Waals surface area contributed by atoms with E-state index in [9.17, 15) is 9.90 Å². The minimum Gasteiger partial charge on any atom is -0.478 e. The van der Waals surface area contributed by atoms with Crippen LogP contribution in [0.25, 0.3) is 0 Å². The Labute approximate surface area is 134 Å². The molecule has 1 aliphatic rings. The average Bonchev–Trinajstić information content (AvgIpc) is 2.61. The summed E-state index contributed by atoms with van der Waals surface area (Å²) in [6.07, 6.45) is 3.97. The monoisotopic (exact) mass is 314 g/mol. The van der Waals surface area contributed by atoms with Crippen LogP contribution in [0.1, 0.15) is 29.8 Å². The molecule has 0 bridgehead atoms. The summed E-state index contributed by atoms with van der Waals surface area (Å²) in [6.45, 7) is 3.22. The van der Waals surface area contributed by atoms with Crippen molar-refractivity contribution in [3.05, 3.63) is 47.7 Å². The smallest absolute Gasteiger partial charge is 0.256 e. The first-order chi connectivity index (χ1) is 11.2.